The van der Waals surface area contributed by atoms with Gasteiger partial charge >= 0.3 is 0 Å². The van der Waals surface area contributed by atoms with Crippen molar-refractivity contribution < 1.29 is 0 Å². The summed E-state index contributed by atoms with van der Waals surface area (Å²) in [5, 5.41) is 0. The van der Waals surface area contributed by atoms with Crippen molar-refractivity contribution in [1.29, 1.82) is 0 Å². The largest absolute Gasteiger partial charge is 0.330 e. The van der Waals surface area contributed by atoms with Gasteiger partial charge in [0.1, 0.15) is 0 Å². The van der Waals surface area contributed by atoms with Gasteiger partial charge in [-0.05, 0) is 37.4 Å². The topological polar surface area (TPSA) is 52.0 Å². The number of nitrogens with two attached hydrogens (primary N) is 2. The van der Waals surface area contributed by atoms with Crippen molar-refractivity contribution in [3.05, 3.63) is 35.4 Å². The van der Waals surface area contributed by atoms with Crippen LogP contribution in [-0.4, -0.2) is 6.54 Å². The predicted octanol–water partition coefficient (Wildman–Crippen LogP) is 2.16. The van der Waals surface area contributed by atoms with Crippen LogP contribution in [0.1, 0.15) is 30.0 Å². The van der Waals surface area contributed by atoms with E-state index in [2.05, 4.69) is 19.1 Å². The number of rotatable bonds is 4. The Morgan fingerprint density at radius 1 is 1.29 bits per heavy atom. The lowest BCUT2D eigenvalue weighted by molar-refractivity contribution is 0.615. The smallest absolute Gasteiger partial charge is 0.0297 e. The average molecular weight is 215 g/mol. The van der Waals surface area contributed by atoms with Crippen LogP contribution in [0.5, 0.6) is 0 Å². The number of benzene rings is 1. The van der Waals surface area contributed by atoms with Crippen LogP contribution in [0.2, 0.25) is 0 Å². The van der Waals surface area contributed by atoms with E-state index in [-0.39, 0.29) is 18.4 Å². The molecule has 0 heterocycles. The Kier molecular flexibility index (Phi) is 6.54. The third-order valence-electron chi connectivity index (χ3n) is 2.31. The van der Waals surface area contributed by atoms with Gasteiger partial charge in [0.15, 0.2) is 0 Å². The number of aryl methyl sites for hydroxylation is 1. The Balaban J connectivity index is 0.00000169. The lowest BCUT2D eigenvalue weighted by Gasteiger charge is -2.13. The second kappa shape index (κ2) is 6.82. The molecule has 0 amide bonds. The van der Waals surface area contributed by atoms with Crippen LogP contribution >= 0.6 is 12.4 Å². The number of halogens is 1. The Labute approximate surface area is 92.1 Å². The van der Waals surface area contributed by atoms with Gasteiger partial charge in [-0.25, -0.2) is 0 Å². The molecule has 4 N–H and O–H groups in total. The molecule has 0 fully saturated rings. The maximum absolute atomic E-state index is 6.03. The average Bonchev–Trinajstić information content (AvgIpc) is 2.15. The first-order valence-electron chi connectivity index (χ1n) is 4.77. The van der Waals surface area contributed by atoms with Crippen LogP contribution in [0.25, 0.3) is 0 Å². The molecule has 1 aromatic rings. The normalized spacial score (nSPS) is 11.9. The minimum Gasteiger partial charge on any atom is -0.330 e. The summed E-state index contributed by atoms with van der Waals surface area (Å²) in [7, 11) is 0. The molecule has 0 aliphatic rings. The molecule has 1 atom stereocenters. The molecule has 0 saturated carbocycles. The van der Waals surface area contributed by atoms with Crippen molar-refractivity contribution in [2.75, 3.05) is 6.54 Å². The second-order valence-electron chi connectivity index (χ2n) is 3.39. The van der Waals surface area contributed by atoms with Crippen LogP contribution in [0.3, 0.4) is 0 Å². The van der Waals surface area contributed by atoms with Crippen molar-refractivity contribution in [3.63, 3.8) is 0 Å². The summed E-state index contributed by atoms with van der Waals surface area (Å²) in [4.78, 5) is 0. The van der Waals surface area contributed by atoms with Gasteiger partial charge in [0.2, 0.25) is 0 Å². The Morgan fingerprint density at radius 2 is 1.93 bits per heavy atom. The molecule has 0 radical (unpaired) electrons. The van der Waals surface area contributed by atoms with E-state index in [1.807, 2.05) is 12.1 Å². The monoisotopic (exact) mass is 214 g/mol. The van der Waals surface area contributed by atoms with Crippen LogP contribution in [-0.2, 0) is 0 Å². The molecule has 0 saturated heterocycles. The fourth-order valence-corrected chi connectivity index (χ4v) is 1.50. The molecule has 0 aromatic heterocycles. The molecule has 1 rings (SSSR count). The third kappa shape index (κ3) is 3.66. The quantitative estimate of drug-likeness (QED) is 0.807. The number of hydrogen-bond acceptors (Lipinski definition) is 2. The Bertz CT molecular complexity index is 263. The molecule has 0 bridgehead atoms. The molecule has 2 nitrogen and oxygen atoms in total. The van der Waals surface area contributed by atoms with Gasteiger partial charge < -0.3 is 11.5 Å². The number of hydrogen-bond donors (Lipinski definition) is 2. The third-order valence-corrected chi connectivity index (χ3v) is 2.31. The van der Waals surface area contributed by atoms with Crippen molar-refractivity contribution in [2.45, 2.75) is 25.8 Å². The second-order valence-corrected chi connectivity index (χ2v) is 3.39. The highest BCUT2D eigenvalue weighted by Crippen LogP contribution is 2.18. The van der Waals surface area contributed by atoms with Crippen LogP contribution in [0, 0.1) is 6.92 Å². The standard InChI is InChI=1S/C11H18N2.ClH/c1-9-5-2-3-6-10(9)11(13)7-4-8-12;/h2-3,5-6,11H,4,7-8,12-13H2,1H3;1H/t11-;/m0./s1. The highest BCUT2D eigenvalue weighted by atomic mass is 35.5. The SMILES string of the molecule is Cc1ccccc1[C@@H](N)CCCN.Cl. The zero-order valence-electron chi connectivity index (χ0n) is 8.57. The van der Waals surface area contributed by atoms with E-state index in [1.165, 1.54) is 11.1 Å². The summed E-state index contributed by atoms with van der Waals surface area (Å²) in [6.45, 7) is 2.82. The van der Waals surface area contributed by atoms with Crippen molar-refractivity contribution in [3.8, 4) is 0 Å². The summed E-state index contributed by atoms with van der Waals surface area (Å²) < 4.78 is 0. The van der Waals surface area contributed by atoms with Crippen LogP contribution < -0.4 is 11.5 Å². The summed E-state index contributed by atoms with van der Waals surface area (Å²) in [6.07, 6.45) is 1.97. The molecule has 3 heteroatoms. The van der Waals surface area contributed by atoms with E-state index in [4.69, 9.17) is 11.5 Å². The van der Waals surface area contributed by atoms with E-state index in [0.29, 0.717) is 0 Å². The van der Waals surface area contributed by atoms with Crippen molar-refractivity contribution >= 4 is 12.4 Å². The van der Waals surface area contributed by atoms with Crippen molar-refractivity contribution in [2.24, 2.45) is 11.5 Å². The minimum atomic E-state index is 0. The van der Waals surface area contributed by atoms with Gasteiger partial charge in [0.25, 0.3) is 0 Å². The van der Waals surface area contributed by atoms with Crippen LogP contribution in [0.4, 0.5) is 0 Å². The molecule has 0 aliphatic carbocycles. The summed E-state index contributed by atoms with van der Waals surface area (Å²) in [5.41, 5.74) is 14.0. The summed E-state index contributed by atoms with van der Waals surface area (Å²) >= 11 is 0. The maximum atomic E-state index is 6.03. The summed E-state index contributed by atoms with van der Waals surface area (Å²) in [5.74, 6) is 0. The molecule has 0 aliphatic heterocycles. The van der Waals surface area contributed by atoms with Gasteiger partial charge in [-0.15, -0.1) is 12.4 Å². The van der Waals surface area contributed by atoms with Crippen LogP contribution in [0.15, 0.2) is 24.3 Å². The zero-order valence-corrected chi connectivity index (χ0v) is 9.39. The maximum Gasteiger partial charge on any atom is 0.0297 e. The minimum absolute atomic E-state index is 0. The first kappa shape index (κ1) is 13.4. The van der Waals surface area contributed by atoms with Gasteiger partial charge in [-0.1, -0.05) is 24.3 Å². The van der Waals surface area contributed by atoms with E-state index in [1.54, 1.807) is 0 Å². The molecule has 80 valence electrons. The predicted molar refractivity (Wildman–Crippen MR) is 63.6 cm³/mol. The summed E-state index contributed by atoms with van der Waals surface area (Å²) in [6, 6.07) is 8.40. The van der Waals surface area contributed by atoms with E-state index < -0.39 is 0 Å². The van der Waals surface area contributed by atoms with Gasteiger partial charge in [-0.2, -0.15) is 0 Å². The fraction of sp³-hybridized carbons (Fsp3) is 0.455. The van der Waals surface area contributed by atoms with E-state index in [9.17, 15) is 0 Å². The molecular formula is C11H19ClN2. The van der Waals surface area contributed by atoms with Gasteiger partial charge in [0.05, 0.1) is 0 Å². The first-order valence-corrected chi connectivity index (χ1v) is 4.77. The van der Waals surface area contributed by atoms with Crippen molar-refractivity contribution in [1.82, 2.24) is 0 Å². The molecular weight excluding hydrogens is 196 g/mol. The first-order chi connectivity index (χ1) is 6.25. The van der Waals surface area contributed by atoms with Gasteiger partial charge in [-0.3, -0.25) is 0 Å². The molecule has 0 spiro atoms. The highest BCUT2D eigenvalue weighted by molar-refractivity contribution is 5.85. The Morgan fingerprint density at radius 3 is 2.50 bits per heavy atom. The van der Waals surface area contributed by atoms with E-state index in [0.717, 1.165) is 19.4 Å². The molecule has 0 unspecified atom stereocenters. The van der Waals surface area contributed by atoms with E-state index >= 15 is 0 Å². The highest BCUT2D eigenvalue weighted by Gasteiger charge is 2.06. The molecule has 14 heavy (non-hydrogen) atoms. The zero-order chi connectivity index (χ0) is 9.68. The van der Waals surface area contributed by atoms with Gasteiger partial charge in [0, 0.05) is 6.04 Å². The lowest BCUT2D eigenvalue weighted by Crippen LogP contribution is -2.13. The molecule has 1 aromatic carbocycles. The lowest BCUT2D eigenvalue weighted by atomic mass is 9.98. The Hall–Kier alpha value is -0.570. The fourth-order valence-electron chi connectivity index (χ4n) is 1.50.